The molecule has 0 rings (SSSR count). The fourth-order valence-electron chi connectivity index (χ4n) is 1.78. The summed E-state index contributed by atoms with van der Waals surface area (Å²) in [6.45, 7) is 2.98. The molecule has 0 bridgehead atoms. The lowest BCUT2D eigenvalue weighted by atomic mass is 10.1. The topological polar surface area (TPSA) is 29.5 Å². The van der Waals surface area contributed by atoms with Crippen LogP contribution in [0.15, 0.2) is 0 Å². The van der Waals surface area contributed by atoms with E-state index >= 15 is 0 Å². The molecule has 0 aliphatic rings. The molecule has 1 N–H and O–H groups in total. The van der Waals surface area contributed by atoms with E-state index in [0.717, 1.165) is 13.0 Å². The molecule has 1 unspecified atom stereocenters. The number of hydrogen-bond donors (Lipinski definition) is 1. The van der Waals surface area contributed by atoms with Crippen molar-refractivity contribution in [3.05, 3.63) is 0 Å². The quantitative estimate of drug-likeness (QED) is 0.356. The van der Waals surface area contributed by atoms with Crippen LogP contribution in [0.25, 0.3) is 0 Å². The molecule has 17 heavy (non-hydrogen) atoms. The van der Waals surface area contributed by atoms with Crippen molar-refractivity contribution in [3.63, 3.8) is 0 Å². The number of hydrogen-bond acceptors (Lipinski definition) is 3. The zero-order valence-electron chi connectivity index (χ0n) is 11.5. The Balaban J connectivity index is 2.94. The van der Waals surface area contributed by atoms with Crippen molar-refractivity contribution in [2.45, 2.75) is 71.1 Å². The Kier molecular flexibility index (Phi) is 15.4. The molecule has 0 amide bonds. The standard InChI is InChI=1S/C13H29O2PS/c1-3-4-5-6-7-8-9-10-11-12-13-15-16(14)17-2/h14H,3-13H2,1-2H3. The molecule has 4 heteroatoms. The van der Waals surface area contributed by atoms with E-state index in [1.807, 2.05) is 6.26 Å². The monoisotopic (exact) mass is 280 g/mol. The van der Waals surface area contributed by atoms with Gasteiger partial charge in [-0.3, -0.25) is 0 Å². The van der Waals surface area contributed by atoms with Crippen molar-refractivity contribution >= 4 is 19.0 Å². The largest absolute Gasteiger partial charge is 0.342 e. The second kappa shape index (κ2) is 14.8. The predicted molar refractivity (Wildman–Crippen MR) is 80.4 cm³/mol. The molecule has 0 spiro atoms. The summed E-state index contributed by atoms with van der Waals surface area (Å²) in [4.78, 5) is 9.21. The van der Waals surface area contributed by atoms with Gasteiger partial charge in [-0.25, -0.2) is 0 Å². The SMILES string of the molecule is CCCCCCCCCCCCOP(O)SC. The van der Waals surface area contributed by atoms with Gasteiger partial charge in [-0.2, -0.15) is 0 Å². The first kappa shape index (κ1) is 17.7. The van der Waals surface area contributed by atoms with E-state index in [2.05, 4.69) is 6.92 Å². The van der Waals surface area contributed by atoms with Crippen LogP contribution in [0.5, 0.6) is 0 Å². The Bertz CT molecular complexity index is 147. The molecule has 0 saturated heterocycles. The van der Waals surface area contributed by atoms with E-state index in [1.165, 1.54) is 69.2 Å². The molecular formula is C13H29O2PS. The van der Waals surface area contributed by atoms with Gasteiger partial charge >= 0.3 is 0 Å². The average molecular weight is 280 g/mol. The zero-order chi connectivity index (χ0) is 12.8. The Morgan fingerprint density at radius 1 is 0.882 bits per heavy atom. The van der Waals surface area contributed by atoms with E-state index in [0.29, 0.717) is 0 Å². The smallest absolute Gasteiger partial charge is 0.234 e. The second-order valence-corrected chi connectivity index (χ2v) is 7.57. The molecule has 1 atom stereocenters. The van der Waals surface area contributed by atoms with Crippen LogP contribution < -0.4 is 0 Å². The van der Waals surface area contributed by atoms with Crippen LogP contribution >= 0.6 is 19.0 Å². The fraction of sp³-hybridized carbons (Fsp3) is 1.00. The molecule has 0 aliphatic carbocycles. The highest BCUT2D eigenvalue weighted by molar-refractivity contribution is 8.52. The van der Waals surface area contributed by atoms with Gasteiger partial charge in [0.2, 0.25) is 7.58 Å². The summed E-state index contributed by atoms with van der Waals surface area (Å²) < 4.78 is 5.25. The summed E-state index contributed by atoms with van der Waals surface area (Å²) in [6.07, 6.45) is 15.3. The molecule has 0 aromatic carbocycles. The first-order valence-corrected chi connectivity index (χ1v) is 10.0. The summed E-state index contributed by atoms with van der Waals surface area (Å²) in [5.74, 6) is 0. The number of rotatable bonds is 13. The zero-order valence-corrected chi connectivity index (χ0v) is 13.2. The lowest BCUT2D eigenvalue weighted by Crippen LogP contribution is -1.88. The van der Waals surface area contributed by atoms with Gasteiger partial charge in [0.25, 0.3) is 0 Å². The third-order valence-electron chi connectivity index (χ3n) is 2.86. The Morgan fingerprint density at radius 3 is 1.82 bits per heavy atom. The van der Waals surface area contributed by atoms with Crippen molar-refractivity contribution in [1.29, 1.82) is 0 Å². The van der Waals surface area contributed by atoms with E-state index in [9.17, 15) is 4.89 Å². The second-order valence-electron chi connectivity index (χ2n) is 4.44. The average Bonchev–Trinajstić information content (AvgIpc) is 2.35. The lowest BCUT2D eigenvalue weighted by Gasteiger charge is -2.07. The molecule has 2 nitrogen and oxygen atoms in total. The van der Waals surface area contributed by atoms with Crippen LogP contribution in [0.3, 0.4) is 0 Å². The van der Waals surface area contributed by atoms with Crippen molar-refractivity contribution in [3.8, 4) is 0 Å². The molecule has 0 radical (unpaired) electrons. The van der Waals surface area contributed by atoms with Gasteiger partial charge in [-0.05, 0) is 12.7 Å². The molecular weight excluding hydrogens is 251 g/mol. The minimum atomic E-state index is -1.20. The van der Waals surface area contributed by atoms with Crippen molar-refractivity contribution in [1.82, 2.24) is 0 Å². The maximum Gasteiger partial charge on any atom is 0.234 e. The first-order valence-electron chi connectivity index (χ1n) is 6.97. The fourth-order valence-corrected chi connectivity index (χ4v) is 2.72. The third kappa shape index (κ3) is 14.6. The summed E-state index contributed by atoms with van der Waals surface area (Å²) in [5.41, 5.74) is 0. The normalized spacial score (nSPS) is 12.9. The van der Waals surface area contributed by atoms with Gasteiger partial charge in [-0.15, -0.1) is 0 Å². The van der Waals surface area contributed by atoms with Crippen LogP contribution in [-0.2, 0) is 4.52 Å². The van der Waals surface area contributed by atoms with Gasteiger partial charge in [-0.1, -0.05) is 76.1 Å². The Labute approximate surface area is 113 Å². The maximum absolute atomic E-state index is 9.21. The van der Waals surface area contributed by atoms with E-state index in [1.54, 1.807) is 0 Å². The van der Waals surface area contributed by atoms with Gasteiger partial charge < -0.3 is 9.42 Å². The van der Waals surface area contributed by atoms with E-state index in [-0.39, 0.29) is 0 Å². The highest BCUT2D eigenvalue weighted by atomic mass is 32.7. The van der Waals surface area contributed by atoms with Crippen molar-refractivity contribution in [2.24, 2.45) is 0 Å². The number of unbranched alkanes of at least 4 members (excludes halogenated alkanes) is 9. The molecule has 104 valence electrons. The molecule has 0 aromatic heterocycles. The van der Waals surface area contributed by atoms with Gasteiger partial charge in [0.15, 0.2) is 0 Å². The molecule has 0 aliphatic heterocycles. The van der Waals surface area contributed by atoms with Crippen LogP contribution in [0, 0.1) is 0 Å². The van der Waals surface area contributed by atoms with Crippen LogP contribution in [0.2, 0.25) is 0 Å². The van der Waals surface area contributed by atoms with Gasteiger partial charge in [0.1, 0.15) is 0 Å². The third-order valence-corrected chi connectivity index (χ3v) is 4.82. The van der Waals surface area contributed by atoms with E-state index < -0.39 is 7.58 Å². The van der Waals surface area contributed by atoms with Crippen LogP contribution in [0.4, 0.5) is 0 Å². The predicted octanol–water partition coefficient (Wildman–Crippen LogP) is 5.51. The molecule has 0 heterocycles. The highest BCUT2D eigenvalue weighted by Gasteiger charge is 2.00. The van der Waals surface area contributed by atoms with Gasteiger partial charge in [0.05, 0.1) is 6.61 Å². The Morgan fingerprint density at radius 2 is 1.35 bits per heavy atom. The summed E-state index contributed by atoms with van der Waals surface area (Å²) in [5, 5.41) is 0. The van der Waals surface area contributed by atoms with Crippen molar-refractivity contribution in [2.75, 3.05) is 12.9 Å². The summed E-state index contributed by atoms with van der Waals surface area (Å²) >= 11 is 1.40. The van der Waals surface area contributed by atoms with Crippen molar-refractivity contribution < 1.29 is 9.42 Å². The summed E-state index contributed by atoms with van der Waals surface area (Å²) in [6, 6.07) is 0. The summed E-state index contributed by atoms with van der Waals surface area (Å²) in [7, 11) is -1.20. The van der Waals surface area contributed by atoms with E-state index in [4.69, 9.17) is 4.52 Å². The van der Waals surface area contributed by atoms with Crippen LogP contribution in [0.1, 0.15) is 71.1 Å². The molecule has 0 saturated carbocycles. The minimum absolute atomic E-state index is 0.722. The highest BCUT2D eigenvalue weighted by Crippen LogP contribution is 2.44. The first-order chi connectivity index (χ1) is 8.31. The maximum atomic E-state index is 9.21. The molecule has 0 aromatic rings. The minimum Gasteiger partial charge on any atom is -0.342 e. The van der Waals surface area contributed by atoms with Crippen LogP contribution in [-0.4, -0.2) is 17.8 Å². The molecule has 0 fully saturated rings. The van der Waals surface area contributed by atoms with Gasteiger partial charge in [0, 0.05) is 0 Å². The Hall–Kier alpha value is 0.700. The lowest BCUT2D eigenvalue weighted by molar-refractivity contribution is 0.309.